The van der Waals surface area contributed by atoms with Crippen LogP contribution in [0.15, 0.2) is 36.7 Å². The Kier molecular flexibility index (Phi) is 3.96. The van der Waals surface area contributed by atoms with Crippen LogP contribution in [0.5, 0.6) is 0 Å². The first-order valence-electron chi connectivity index (χ1n) is 8.44. The zero-order valence-electron chi connectivity index (χ0n) is 15.0. The highest BCUT2D eigenvalue weighted by Crippen LogP contribution is 2.40. The number of fused-ring (bicyclic) bond motifs is 1. The van der Waals surface area contributed by atoms with Gasteiger partial charge in [0, 0.05) is 11.1 Å². The zero-order chi connectivity index (χ0) is 20.1. The van der Waals surface area contributed by atoms with Gasteiger partial charge >= 0.3 is 5.97 Å². The van der Waals surface area contributed by atoms with Crippen molar-refractivity contribution in [1.29, 1.82) is 5.26 Å². The van der Waals surface area contributed by atoms with Crippen LogP contribution in [0, 0.1) is 23.0 Å². The lowest BCUT2D eigenvalue weighted by Crippen LogP contribution is -2.17. The van der Waals surface area contributed by atoms with Gasteiger partial charge in [-0.1, -0.05) is 6.07 Å². The van der Waals surface area contributed by atoms with Gasteiger partial charge in [-0.3, -0.25) is 5.10 Å². The van der Waals surface area contributed by atoms with Crippen LogP contribution in [0.25, 0.3) is 0 Å². The number of benzene rings is 2. The van der Waals surface area contributed by atoms with Crippen molar-refractivity contribution in [2.24, 2.45) is 0 Å². The Morgan fingerprint density at radius 3 is 2.54 bits per heavy atom. The van der Waals surface area contributed by atoms with Crippen molar-refractivity contribution >= 4 is 5.97 Å². The second-order valence-corrected chi connectivity index (χ2v) is 6.97. The number of carbonyl (C=O) groups is 1. The minimum absolute atomic E-state index is 0.121. The van der Waals surface area contributed by atoms with Crippen LogP contribution in [0.2, 0.25) is 0 Å². The van der Waals surface area contributed by atoms with E-state index in [2.05, 4.69) is 15.2 Å². The standard InChI is InChI=1S/C20H14F2N4O2/c1-20(2)13-7-11(3-4-12(13)19(27)28-20)16(18-24-9-25-26-18)17-14(21)5-10(8-23)6-15(17)22/h3-7,9,16H,1-2H3,(H,24,25,26). The maximum absolute atomic E-state index is 14.8. The van der Waals surface area contributed by atoms with E-state index in [0.29, 0.717) is 16.7 Å². The van der Waals surface area contributed by atoms with Gasteiger partial charge in [-0.25, -0.2) is 18.6 Å². The van der Waals surface area contributed by atoms with E-state index in [1.807, 2.05) is 0 Å². The molecule has 0 amide bonds. The Morgan fingerprint density at radius 2 is 1.93 bits per heavy atom. The largest absolute Gasteiger partial charge is 0.451 e. The molecule has 4 rings (SSSR count). The summed E-state index contributed by atoms with van der Waals surface area (Å²) in [6, 6.07) is 8.55. The van der Waals surface area contributed by atoms with Gasteiger partial charge in [0.15, 0.2) is 0 Å². The summed E-state index contributed by atoms with van der Waals surface area (Å²) >= 11 is 0. The van der Waals surface area contributed by atoms with Crippen LogP contribution in [0.4, 0.5) is 8.78 Å². The fourth-order valence-corrected chi connectivity index (χ4v) is 3.50. The molecule has 0 saturated carbocycles. The van der Waals surface area contributed by atoms with Crippen LogP contribution in [-0.2, 0) is 10.3 Å². The monoisotopic (exact) mass is 380 g/mol. The molecular formula is C20H14F2N4O2. The molecule has 1 aromatic heterocycles. The van der Waals surface area contributed by atoms with Crippen LogP contribution in [0.3, 0.4) is 0 Å². The molecule has 1 atom stereocenters. The molecule has 0 saturated heterocycles. The number of esters is 1. The third kappa shape index (κ3) is 2.72. The molecule has 0 spiro atoms. The third-order valence-corrected chi connectivity index (χ3v) is 4.80. The van der Waals surface area contributed by atoms with Crippen molar-refractivity contribution in [2.45, 2.75) is 25.4 Å². The lowest BCUT2D eigenvalue weighted by Gasteiger charge is -2.21. The van der Waals surface area contributed by atoms with E-state index in [1.54, 1.807) is 38.1 Å². The Bertz CT molecular complexity index is 1110. The van der Waals surface area contributed by atoms with Crippen molar-refractivity contribution in [2.75, 3.05) is 0 Å². The van der Waals surface area contributed by atoms with Gasteiger partial charge in [-0.05, 0) is 43.7 Å². The molecule has 3 aromatic rings. The van der Waals surface area contributed by atoms with E-state index in [9.17, 15) is 13.6 Å². The molecule has 0 fully saturated rings. The summed E-state index contributed by atoms with van der Waals surface area (Å²) in [7, 11) is 0. The number of ether oxygens (including phenoxy) is 1. The minimum atomic E-state index is -0.952. The molecule has 0 radical (unpaired) electrons. The van der Waals surface area contributed by atoms with Gasteiger partial charge in [-0.2, -0.15) is 10.4 Å². The maximum Gasteiger partial charge on any atom is 0.339 e. The molecule has 8 heteroatoms. The smallest absolute Gasteiger partial charge is 0.339 e. The zero-order valence-corrected chi connectivity index (χ0v) is 15.0. The van der Waals surface area contributed by atoms with E-state index < -0.39 is 29.1 Å². The predicted octanol–water partition coefficient (Wildman–Crippen LogP) is 3.54. The Labute approximate surface area is 158 Å². The summed E-state index contributed by atoms with van der Waals surface area (Å²) in [5.74, 6) is -2.91. The molecule has 28 heavy (non-hydrogen) atoms. The first kappa shape index (κ1) is 17.8. The number of nitriles is 1. The van der Waals surface area contributed by atoms with E-state index in [-0.39, 0.29) is 17.0 Å². The van der Waals surface area contributed by atoms with Gasteiger partial charge in [0.25, 0.3) is 0 Å². The lowest BCUT2D eigenvalue weighted by molar-refractivity contribution is 0.00952. The lowest BCUT2D eigenvalue weighted by atomic mass is 9.85. The fraction of sp³-hybridized carbons (Fsp3) is 0.200. The first-order chi connectivity index (χ1) is 13.3. The molecule has 1 aliphatic rings. The number of carbonyl (C=O) groups excluding carboxylic acids is 1. The Balaban J connectivity index is 1.94. The molecule has 6 nitrogen and oxygen atoms in total. The fourth-order valence-electron chi connectivity index (χ4n) is 3.50. The molecule has 0 bridgehead atoms. The maximum atomic E-state index is 14.8. The summed E-state index contributed by atoms with van der Waals surface area (Å²) in [6.45, 7) is 3.49. The first-order valence-corrected chi connectivity index (χ1v) is 8.44. The number of aromatic amines is 1. The highest BCUT2D eigenvalue weighted by atomic mass is 19.1. The number of hydrogen-bond donors (Lipinski definition) is 1. The SMILES string of the molecule is CC1(C)OC(=O)c2ccc(C(c3ncn[nH]3)c3c(F)cc(C#N)cc3F)cc21. The van der Waals surface area contributed by atoms with Crippen LogP contribution < -0.4 is 0 Å². The number of hydrogen-bond acceptors (Lipinski definition) is 5. The van der Waals surface area contributed by atoms with Crippen molar-refractivity contribution < 1.29 is 18.3 Å². The van der Waals surface area contributed by atoms with Crippen LogP contribution >= 0.6 is 0 Å². The number of aromatic nitrogens is 3. The number of nitrogens with one attached hydrogen (secondary N) is 1. The summed E-state index contributed by atoms with van der Waals surface area (Å²) in [4.78, 5) is 16.1. The summed E-state index contributed by atoms with van der Waals surface area (Å²) in [5, 5.41) is 15.4. The minimum Gasteiger partial charge on any atom is -0.451 e. The van der Waals surface area contributed by atoms with Gasteiger partial charge in [0.05, 0.1) is 23.1 Å². The molecule has 140 valence electrons. The Morgan fingerprint density at radius 1 is 1.21 bits per heavy atom. The third-order valence-electron chi connectivity index (χ3n) is 4.80. The highest BCUT2D eigenvalue weighted by Gasteiger charge is 2.39. The van der Waals surface area contributed by atoms with E-state index >= 15 is 0 Å². The number of nitrogens with zero attached hydrogens (tertiary/aromatic N) is 3. The van der Waals surface area contributed by atoms with Gasteiger partial charge < -0.3 is 4.74 Å². The molecular weight excluding hydrogens is 366 g/mol. The predicted molar refractivity (Wildman–Crippen MR) is 93.3 cm³/mol. The average Bonchev–Trinajstić information content (AvgIpc) is 3.24. The second-order valence-electron chi connectivity index (χ2n) is 6.97. The molecule has 1 aliphatic heterocycles. The molecule has 2 heterocycles. The van der Waals surface area contributed by atoms with Crippen molar-refractivity contribution in [3.8, 4) is 6.07 Å². The summed E-state index contributed by atoms with van der Waals surface area (Å²) in [5.41, 5.74) is 0.281. The molecule has 0 aliphatic carbocycles. The molecule has 1 N–H and O–H groups in total. The van der Waals surface area contributed by atoms with Crippen molar-refractivity contribution in [3.63, 3.8) is 0 Å². The topological polar surface area (TPSA) is 91.7 Å². The van der Waals surface area contributed by atoms with Gasteiger partial charge in [0.2, 0.25) is 0 Å². The van der Waals surface area contributed by atoms with Gasteiger partial charge in [0.1, 0.15) is 29.4 Å². The molecule has 1 unspecified atom stereocenters. The molecule has 2 aromatic carbocycles. The van der Waals surface area contributed by atoms with E-state index in [4.69, 9.17) is 10.00 Å². The number of halogens is 2. The number of H-pyrrole nitrogens is 1. The van der Waals surface area contributed by atoms with Crippen LogP contribution in [0.1, 0.15) is 58.2 Å². The Hall–Kier alpha value is -3.60. The van der Waals surface area contributed by atoms with Gasteiger partial charge in [-0.15, -0.1) is 0 Å². The number of rotatable bonds is 3. The normalized spacial score (nSPS) is 15.6. The average molecular weight is 380 g/mol. The number of cyclic esters (lactones) is 1. The van der Waals surface area contributed by atoms with E-state index in [0.717, 1.165) is 12.1 Å². The quantitative estimate of drug-likeness (QED) is 0.702. The van der Waals surface area contributed by atoms with Crippen molar-refractivity contribution in [1.82, 2.24) is 15.2 Å². The van der Waals surface area contributed by atoms with Crippen LogP contribution in [-0.4, -0.2) is 21.2 Å². The van der Waals surface area contributed by atoms with Crippen molar-refractivity contribution in [3.05, 3.63) is 81.9 Å². The second kappa shape index (κ2) is 6.23. The van der Waals surface area contributed by atoms with E-state index in [1.165, 1.54) is 6.33 Å². The summed E-state index contributed by atoms with van der Waals surface area (Å²) in [6.07, 6.45) is 1.24. The highest BCUT2D eigenvalue weighted by molar-refractivity contribution is 5.94. The summed E-state index contributed by atoms with van der Waals surface area (Å²) < 4.78 is 34.9.